The van der Waals surface area contributed by atoms with Gasteiger partial charge in [0, 0.05) is 17.9 Å². The number of alkyl halides is 1. The summed E-state index contributed by atoms with van der Waals surface area (Å²) in [7, 11) is 0. The minimum Gasteiger partial charge on any atom is -0.372 e. The van der Waals surface area contributed by atoms with Gasteiger partial charge in [0.1, 0.15) is 0 Å². The third-order valence-corrected chi connectivity index (χ3v) is 5.66. The summed E-state index contributed by atoms with van der Waals surface area (Å²) in [6.07, 6.45) is 2.60. The maximum Gasteiger partial charge on any atom is 0.0954 e. The predicted molar refractivity (Wildman–Crippen MR) is 81.8 cm³/mol. The molecule has 3 rings (SSSR count). The molecule has 104 valence electrons. The fraction of sp³-hybridized carbons (Fsp3) is 0.625. The molecule has 0 saturated carbocycles. The van der Waals surface area contributed by atoms with E-state index in [2.05, 4.69) is 52.0 Å². The van der Waals surface area contributed by atoms with Crippen LogP contribution in [0.3, 0.4) is 0 Å². The average molecular weight is 324 g/mol. The highest BCUT2D eigenvalue weighted by atomic mass is 79.9. The fourth-order valence-corrected chi connectivity index (χ4v) is 3.79. The van der Waals surface area contributed by atoms with Crippen molar-refractivity contribution >= 4 is 15.9 Å². The van der Waals surface area contributed by atoms with Crippen molar-refractivity contribution < 1.29 is 4.74 Å². The zero-order chi connectivity index (χ0) is 13.2. The minimum absolute atomic E-state index is 0.262. The summed E-state index contributed by atoms with van der Waals surface area (Å²) < 4.78 is 6.01. The second-order valence-corrected chi connectivity index (χ2v) is 7.03. The van der Waals surface area contributed by atoms with Gasteiger partial charge in [-0.05, 0) is 36.4 Å². The van der Waals surface area contributed by atoms with E-state index in [-0.39, 0.29) is 6.10 Å². The lowest BCUT2D eigenvalue weighted by atomic mass is 9.95. The maximum absolute atomic E-state index is 6.01. The average Bonchev–Trinajstić information content (AvgIpc) is 2.43. The van der Waals surface area contributed by atoms with E-state index < -0.39 is 0 Å². The fourth-order valence-electron chi connectivity index (χ4n) is 3.11. The van der Waals surface area contributed by atoms with Gasteiger partial charge in [-0.25, -0.2) is 0 Å². The number of nitrogens with zero attached hydrogens (tertiary/aromatic N) is 1. The highest BCUT2D eigenvalue weighted by Gasteiger charge is 2.28. The first-order valence-electron chi connectivity index (χ1n) is 7.30. The molecule has 0 spiro atoms. The Labute approximate surface area is 124 Å². The van der Waals surface area contributed by atoms with Crippen LogP contribution in [0.5, 0.6) is 0 Å². The molecule has 3 unspecified atom stereocenters. The zero-order valence-electron chi connectivity index (χ0n) is 11.5. The monoisotopic (exact) mass is 323 g/mol. The topological polar surface area (TPSA) is 12.5 Å². The van der Waals surface area contributed by atoms with E-state index in [9.17, 15) is 0 Å². The molecule has 1 aromatic rings. The number of hydrogen-bond acceptors (Lipinski definition) is 2. The molecule has 0 radical (unpaired) electrons. The number of rotatable bonds is 2. The SMILES string of the molecule is CC1CCN(CC2OCCc3ccccc32)CC1Br. The van der Waals surface area contributed by atoms with Gasteiger partial charge in [0.25, 0.3) is 0 Å². The van der Waals surface area contributed by atoms with Gasteiger partial charge >= 0.3 is 0 Å². The van der Waals surface area contributed by atoms with Crippen molar-refractivity contribution in [3.8, 4) is 0 Å². The first-order chi connectivity index (χ1) is 9.24. The van der Waals surface area contributed by atoms with Gasteiger partial charge < -0.3 is 4.74 Å². The normalized spacial score (nSPS) is 32.0. The smallest absolute Gasteiger partial charge is 0.0954 e. The first kappa shape index (κ1) is 13.6. The standard InChI is InChI=1S/C16H22BrNO/c1-12-6-8-18(10-15(12)17)11-16-14-5-3-2-4-13(14)7-9-19-16/h2-5,12,15-16H,6-11H2,1H3. The number of fused-ring (bicyclic) bond motifs is 1. The summed E-state index contributed by atoms with van der Waals surface area (Å²) in [5.41, 5.74) is 2.87. The summed E-state index contributed by atoms with van der Waals surface area (Å²) in [5, 5.41) is 0. The lowest BCUT2D eigenvalue weighted by Gasteiger charge is -2.37. The molecule has 2 heterocycles. The van der Waals surface area contributed by atoms with Crippen molar-refractivity contribution in [3.05, 3.63) is 35.4 Å². The van der Waals surface area contributed by atoms with Crippen molar-refractivity contribution in [2.75, 3.05) is 26.2 Å². The van der Waals surface area contributed by atoms with Gasteiger partial charge in [0.2, 0.25) is 0 Å². The van der Waals surface area contributed by atoms with Gasteiger partial charge in [-0.15, -0.1) is 0 Å². The zero-order valence-corrected chi connectivity index (χ0v) is 13.1. The van der Waals surface area contributed by atoms with E-state index in [0.29, 0.717) is 4.83 Å². The van der Waals surface area contributed by atoms with Crippen LogP contribution in [0.1, 0.15) is 30.6 Å². The van der Waals surface area contributed by atoms with Crippen molar-refractivity contribution in [1.82, 2.24) is 4.90 Å². The van der Waals surface area contributed by atoms with Crippen LogP contribution in [-0.2, 0) is 11.2 Å². The van der Waals surface area contributed by atoms with Crippen LogP contribution in [0.4, 0.5) is 0 Å². The lowest BCUT2D eigenvalue weighted by Crippen LogP contribution is -2.42. The van der Waals surface area contributed by atoms with Gasteiger partial charge in [-0.2, -0.15) is 0 Å². The van der Waals surface area contributed by atoms with Crippen LogP contribution in [0.25, 0.3) is 0 Å². The molecule has 1 saturated heterocycles. The number of ether oxygens (including phenoxy) is 1. The summed E-state index contributed by atoms with van der Waals surface area (Å²) in [6.45, 7) is 6.58. The van der Waals surface area contributed by atoms with E-state index >= 15 is 0 Å². The van der Waals surface area contributed by atoms with Crippen molar-refractivity contribution in [2.45, 2.75) is 30.7 Å². The van der Waals surface area contributed by atoms with Crippen LogP contribution in [0.15, 0.2) is 24.3 Å². The number of hydrogen-bond donors (Lipinski definition) is 0. The summed E-state index contributed by atoms with van der Waals surface area (Å²) in [6, 6.07) is 8.75. The number of benzene rings is 1. The van der Waals surface area contributed by atoms with Crippen LogP contribution in [0, 0.1) is 5.92 Å². The molecular weight excluding hydrogens is 302 g/mol. The molecule has 2 nitrogen and oxygen atoms in total. The van der Waals surface area contributed by atoms with Crippen LogP contribution >= 0.6 is 15.9 Å². The van der Waals surface area contributed by atoms with Crippen LogP contribution in [0.2, 0.25) is 0 Å². The highest BCUT2D eigenvalue weighted by Crippen LogP contribution is 2.30. The molecule has 1 aromatic carbocycles. The highest BCUT2D eigenvalue weighted by molar-refractivity contribution is 9.09. The van der Waals surface area contributed by atoms with E-state index in [4.69, 9.17) is 4.74 Å². The summed E-state index contributed by atoms with van der Waals surface area (Å²) >= 11 is 3.81. The predicted octanol–water partition coefficient (Wildman–Crippen LogP) is 3.41. The third-order valence-electron chi connectivity index (χ3n) is 4.47. The Hall–Kier alpha value is -0.380. The minimum atomic E-state index is 0.262. The molecule has 0 aromatic heterocycles. The Bertz CT molecular complexity index is 437. The molecule has 0 aliphatic carbocycles. The van der Waals surface area contributed by atoms with Gasteiger partial charge in [0.15, 0.2) is 0 Å². The van der Waals surface area contributed by atoms with E-state index in [1.807, 2.05) is 0 Å². The van der Waals surface area contributed by atoms with Crippen LogP contribution < -0.4 is 0 Å². The Kier molecular flexibility index (Phi) is 4.25. The molecule has 2 aliphatic heterocycles. The van der Waals surface area contributed by atoms with E-state index in [1.165, 1.54) is 24.1 Å². The summed E-state index contributed by atoms with van der Waals surface area (Å²) in [5.74, 6) is 0.788. The van der Waals surface area contributed by atoms with E-state index in [1.54, 1.807) is 0 Å². The molecule has 0 N–H and O–H groups in total. The molecule has 1 fully saturated rings. The number of piperidine rings is 1. The quantitative estimate of drug-likeness (QED) is 0.773. The van der Waals surface area contributed by atoms with Crippen molar-refractivity contribution in [2.24, 2.45) is 5.92 Å². The Morgan fingerprint density at radius 1 is 1.37 bits per heavy atom. The molecule has 0 bridgehead atoms. The molecule has 19 heavy (non-hydrogen) atoms. The molecule has 3 heteroatoms. The van der Waals surface area contributed by atoms with Gasteiger partial charge in [-0.1, -0.05) is 47.1 Å². The third kappa shape index (κ3) is 3.04. The Balaban J connectivity index is 1.68. The van der Waals surface area contributed by atoms with Gasteiger partial charge in [-0.3, -0.25) is 4.90 Å². The molecule has 0 amide bonds. The lowest BCUT2D eigenvalue weighted by molar-refractivity contribution is 0.0102. The first-order valence-corrected chi connectivity index (χ1v) is 8.21. The maximum atomic E-state index is 6.01. The van der Waals surface area contributed by atoms with E-state index in [0.717, 1.165) is 32.0 Å². The number of halogens is 1. The Morgan fingerprint density at radius 2 is 2.21 bits per heavy atom. The van der Waals surface area contributed by atoms with Crippen LogP contribution in [-0.4, -0.2) is 36.0 Å². The summed E-state index contributed by atoms with van der Waals surface area (Å²) in [4.78, 5) is 3.17. The Morgan fingerprint density at radius 3 is 3.05 bits per heavy atom. The van der Waals surface area contributed by atoms with Gasteiger partial charge in [0.05, 0.1) is 12.7 Å². The second kappa shape index (κ2) is 5.94. The molecule has 3 atom stereocenters. The molecular formula is C16H22BrNO. The van der Waals surface area contributed by atoms with Crippen molar-refractivity contribution in [1.29, 1.82) is 0 Å². The number of likely N-dealkylation sites (tertiary alicyclic amines) is 1. The molecule has 2 aliphatic rings. The second-order valence-electron chi connectivity index (χ2n) is 5.85. The van der Waals surface area contributed by atoms with Crippen molar-refractivity contribution in [3.63, 3.8) is 0 Å². The largest absolute Gasteiger partial charge is 0.372 e.